The van der Waals surface area contributed by atoms with Crippen molar-refractivity contribution in [2.75, 3.05) is 11.9 Å². The Bertz CT molecular complexity index is 1530. The molecule has 7 nitrogen and oxygen atoms in total. The molecule has 0 saturated heterocycles. The largest absolute Gasteiger partial charge is 0.482 e. The maximum Gasteiger partial charge on any atom is 0.282 e. The molecule has 36 heavy (non-hydrogen) atoms. The van der Waals surface area contributed by atoms with Crippen molar-refractivity contribution in [2.24, 2.45) is 5.10 Å². The average molecular weight is 771 g/mol. The lowest BCUT2D eigenvalue weighted by molar-refractivity contribution is -0.118. The maximum atomic E-state index is 13.1. The highest BCUT2D eigenvalue weighted by Gasteiger charge is 2.13. The van der Waals surface area contributed by atoms with Crippen LogP contribution in [0.25, 0.3) is 10.9 Å². The quantitative estimate of drug-likeness (QED) is 0.181. The Morgan fingerprint density at radius 1 is 1.17 bits per heavy atom. The van der Waals surface area contributed by atoms with Crippen LogP contribution >= 0.6 is 61.1 Å². The van der Waals surface area contributed by atoms with Crippen molar-refractivity contribution >= 4 is 89.8 Å². The van der Waals surface area contributed by atoms with Gasteiger partial charge in [-0.2, -0.15) is 9.78 Å². The number of para-hydroxylation sites is 1. The third kappa shape index (κ3) is 6.14. The SMILES string of the molecule is CCc1nc2ccc(Br)cc2c(=O)n1N=Cc1cc(I)c(OCC(=O)Nc2ccccc2C)c(I)c1. The van der Waals surface area contributed by atoms with Gasteiger partial charge in [-0.25, -0.2) is 4.98 Å². The molecule has 0 bridgehead atoms. The van der Waals surface area contributed by atoms with Crippen LogP contribution in [0.5, 0.6) is 5.75 Å². The predicted octanol–water partition coefficient (Wildman–Crippen LogP) is 6.14. The van der Waals surface area contributed by atoms with Crippen LogP contribution in [0.4, 0.5) is 5.69 Å². The van der Waals surface area contributed by atoms with E-state index in [0.717, 1.165) is 28.4 Å². The summed E-state index contributed by atoms with van der Waals surface area (Å²) in [7, 11) is 0. The number of anilines is 1. The minimum Gasteiger partial charge on any atom is -0.482 e. The van der Waals surface area contributed by atoms with Gasteiger partial charge in [0.15, 0.2) is 6.61 Å². The molecule has 0 aliphatic heterocycles. The average Bonchev–Trinajstić information content (AvgIpc) is 2.84. The van der Waals surface area contributed by atoms with E-state index >= 15 is 0 Å². The standard InChI is InChI=1S/C26H21BrI2N4O3/c1-3-23-31-22-9-8-17(27)12-18(22)26(35)33(23)30-13-16-10-19(28)25(20(29)11-16)36-14-24(34)32-21-7-5-4-6-15(21)2/h4-13H,3,14H2,1-2H3,(H,32,34). The van der Waals surface area contributed by atoms with Gasteiger partial charge in [-0.3, -0.25) is 9.59 Å². The molecule has 1 N–H and O–H groups in total. The predicted molar refractivity (Wildman–Crippen MR) is 163 cm³/mol. The number of nitrogens with zero attached hydrogens (tertiary/aromatic N) is 3. The van der Waals surface area contributed by atoms with Gasteiger partial charge in [0.25, 0.3) is 11.5 Å². The van der Waals surface area contributed by atoms with Gasteiger partial charge in [0.2, 0.25) is 0 Å². The molecule has 10 heteroatoms. The fourth-order valence-corrected chi connectivity index (χ4v) is 5.98. The van der Waals surface area contributed by atoms with Gasteiger partial charge in [-0.15, -0.1) is 0 Å². The van der Waals surface area contributed by atoms with Gasteiger partial charge in [0.1, 0.15) is 11.6 Å². The van der Waals surface area contributed by atoms with E-state index in [4.69, 9.17) is 4.74 Å². The van der Waals surface area contributed by atoms with E-state index in [1.807, 2.05) is 62.4 Å². The van der Waals surface area contributed by atoms with Crippen molar-refractivity contribution in [3.05, 3.63) is 93.5 Å². The van der Waals surface area contributed by atoms with Gasteiger partial charge in [-0.1, -0.05) is 41.1 Å². The molecule has 0 fully saturated rings. The third-order valence-corrected chi connectivity index (χ3v) is 7.40. The molecule has 3 aromatic carbocycles. The second kappa shape index (κ2) is 11.8. The topological polar surface area (TPSA) is 85.6 Å². The Hall–Kier alpha value is -2.32. The highest BCUT2D eigenvalue weighted by molar-refractivity contribution is 14.1. The number of aromatic nitrogens is 2. The van der Waals surface area contributed by atoms with Crippen molar-refractivity contribution in [1.29, 1.82) is 0 Å². The van der Waals surface area contributed by atoms with Gasteiger partial charge >= 0.3 is 0 Å². The number of hydrogen-bond acceptors (Lipinski definition) is 5. The lowest BCUT2D eigenvalue weighted by atomic mass is 10.2. The molecule has 0 aliphatic carbocycles. The molecule has 1 aromatic heterocycles. The summed E-state index contributed by atoms with van der Waals surface area (Å²) in [6.45, 7) is 3.76. The summed E-state index contributed by atoms with van der Waals surface area (Å²) in [5.74, 6) is 0.968. The van der Waals surface area contributed by atoms with E-state index in [2.05, 4.69) is 76.5 Å². The first-order chi connectivity index (χ1) is 17.3. The number of carbonyl (C=O) groups is 1. The number of amides is 1. The van der Waals surface area contributed by atoms with E-state index in [0.29, 0.717) is 28.9 Å². The number of rotatable bonds is 7. The number of aryl methyl sites for hydroxylation is 2. The minimum absolute atomic E-state index is 0.110. The lowest BCUT2D eigenvalue weighted by Crippen LogP contribution is -2.22. The van der Waals surface area contributed by atoms with E-state index < -0.39 is 0 Å². The zero-order valence-corrected chi connectivity index (χ0v) is 25.3. The summed E-state index contributed by atoms with van der Waals surface area (Å²) in [5.41, 5.74) is 2.96. The summed E-state index contributed by atoms with van der Waals surface area (Å²) >= 11 is 7.75. The lowest BCUT2D eigenvalue weighted by Gasteiger charge is -2.12. The fraction of sp³-hybridized carbons (Fsp3) is 0.154. The van der Waals surface area contributed by atoms with E-state index in [1.165, 1.54) is 4.68 Å². The van der Waals surface area contributed by atoms with Crippen LogP contribution in [0.15, 0.2) is 69.0 Å². The van der Waals surface area contributed by atoms with Crippen LogP contribution < -0.4 is 15.6 Å². The Morgan fingerprint density at radius 3 is 2.58 bits per heavy atom. The Labute approximate surface area is 243 Å². The zero-order chi connectivity index (χ0) is 25.8. The Kier molecular flexibility index (Phi) is 8.78. The van der Waals surface area contributed by atoms with Crippen LogP contribution in [-0.4, -0.2) is 28.4 Å². The number of halogens is 3. The molecule has 0 radical (unpaired) electrons. The van der Waals surface area contributed by atoms with Gasteiger partial charge < -0.3 is 10.1 Å². The first-order valence-corrected chi connectivity index (χ1v) is 13.9. The monoisotopic (exact) mass is 770 g/mol. The van der Waals surface area contributed by atoms with Crippen LogP contribution in [0.1, 0.15) is 23.9 Å². The van der Waals surface area contributed by atoms with Crippen molar-refractivity contribution in [3.8, 4) is 5.75 Å². The molecule has 184 valence electrons. The molecule has 0 saturated carbocycles. The summed E-state index contributed by atoms with van der Waals surface area (Å²) in [5, 5.41) is 7.82. The highest BCUT2D eigenvalue weighted by atomic mass is 127. The third-order valence-electron chi connectivity index (χ3n) is 5.30. The molecular weight excluding hydrogens is 750 g/mol. The smallest absolute Gasteiger partial charge is 0.282 e. The minimum atomic E-state index is -0.233. The maximum absolute atomic E-state index is 13.1. The molecule has 0 aliphatic rings. The number of benzene rings is 3. The number of carbonyl (C=O) groups excluding carboxylic acids is 1. The number of nitrogens with one attached hydrogen (secondary N) is 1. The summed E-state index contributed by atoms with van der Waals surface area (Å²) in [4.78, 5) is 30.1. The summed E-state index contributed by atoms with van der Waals surface area (Å²) in [6.07, 6.45) is 2.19. The van der Waals surface area contributed by atoms with Crippen molar-refractivity contribution in [1.82, 2.24) is 9.66 Å². The van der Waals surface area contributed by atoms with Crippen molar-refractivity contribution in [3.63, 3.8) is 0 Å². The molecular formula is C26H21BrI2N4O3. The van der Waals surface area contributed by atoms with Crippen LogP contribution in [0.3, 0.4) is 0 Å². The Morgan fingerprint density at radius 2 is 1.89 bits per heavy atom. The van der Waals surface area contributed by atoms with Crippen LogP contribution in [0, 0.1) is 14.1 Å². The zero-order valence-electron chi connectivity index (χ0n) is 19.4. The summed E-state index contributed by atoms with van der Waals surface area (Å²) < 4.78 is 9.64. The fourth-order valence-electron chi connectivity index (χ4n) is 3.50. The molecule has 0 atom stereocenters. The molecule has 0 spiro atoms. The van der Waals surface area contributed by atoms with Crippen LogP contribution in [0.2, 0.25) is 0 Å². The van der Waals surface area contributed by atoms with E-state index in [9.17, 15) is 9.59 Å². The first-order valence-electron chi connectivity index (χ1n) is 11.0. The molecule has 1 amide bonds. The number of fused-ring (bicyclic) bond motifs is 1. The van der Waals surface area contributed by atoms with Gasteiger partial charge in [0.05, 0.1) is 24.3 Å². The second-order valence-corrected chi connectivity index (χ2v) is 11.1. The molecule has 1 heterocycles. The molecule has 0 unspecified atom stereocenters. The van der Waals surface area contributed by atoms with Crippen molar-refractivity contribution < 1.29 is 9.53 Å². The number of ether oxygens (including phenoxy) is 1. The van der Waals surface area contributed by atoms with Crippen molar-refractivity contribution in [2.45, 2.75) is 20.3 Å². The molecule has 4 aromatic rings. The first kappa shape index (κ1) is 26.7. The normalized spacial score (nSPS) is 11.2. The second-order valence-electron chi connectivity index (χ2n) is 7.87. The van der Waals surface area contributed by atoms with Gasteiger partial charge in [-0.05, 0) is 99.6 Å². The van der Waals surface area contributed by atoms with Gasteiger partial charge in [0, 0.05) is 16.6 Å². The molecule has 4 rings (SSSR count). The highest BCUT2D eigenvalue weighted by Crippen LogP contribution is 2.29. The summed E-state index contributed by atoms with van der Waals surface area (Å²) in [6, 6.07) is 16.8. The Balaban J connectivity index is 1.54. The van der Waals surface area contributed by atoms with E-state index in [1.54, 1.807) is 12.3 Å². The van der Waals surface area contributed by atoms with E-state index in [-0.39, 0.29) is 18.1 Å². The van der Waals surface area contributed by atoms with Crippen LogP contribution in [-0.2, 0) is 11.2 Å². The number of hydrogen-bond donors (Lipinski definition) is 1.